The van der Waals surface area contributed by atoms with Crippen molar-refractivity contribution in [3.8, 4) is 5.75 Å². The predicted molar refractivity (Wildman–Crippen MR) is 93.9 cm³/mol. The Labute approximate surface area is 142 Å². The van der Waals surface area contributed by atoms with Crippen molar-refractivity contribution in [2.75, 3.05) is 26.5 Å². The summed E-state index contributed by atoms with van der Waals surface area (Å²) in [6, 6.07) is 7.14. The van der Waals surface area contributed by atoms with Crippen molar-refractivity contribution in [1.29, 1.82) is 0 Å². The van der Waals surface area contributed by atoms with Gasteiger partial charge >= 0.3 is 0 Å². The van der Waals surface area contributed by atoms with Crippen LogP contribution in [-0.2, 0) is 9.59 Å². The lowest BCUT2D eigenvalue weighted by Crippen LogP contribution is -2.48. The Morgan fingerprint density at radius 1 is 1.30 bits per heavy atom. The van der Waals surface area contributed by atoms with Gasteiger partial charge in [0.1, 0.15) is 11.8 Å². The topological polar surface area (TPSA) is 58.6 Å². The zero-order valence-electron chi connectivity index (χ0n) is 14.3. The van der Waals surface area contributed by atoms with E-state index in [0.29, 0.717) is 12.3 Å². The summed E-state index contributed by atoms with van der Waals surface area (Å²) in [6.07, 6.45) is 1.99. The lowest BCUT2D eigenvalue weighted by Gasteiger charge is -2.24. The minimum Gasteiger partial charge on any atom is -0.497 e. The lowest BCUT2D eigenvalue weighted by molar-refractivity contribution is -0.134. The molecular weight excluding hydrogens is 312 g/mol. The number of nitrogens with zero attached hydrogens (tertiary/aromatic N) is 1. The molecule has 23 heavy (non-hydrogen) atoms. The summed E-state index contributed by atoms with van der Waals surface area (Å²) in [5, 5.41) is 2.75. The smallest absolute Gasteiger partial charge is 0.245 e. The van der Waals surface area contributed by atoms with Gasteiger partial charge in [0, 0.05) is 31.2 Å². The number of thioether (sulfide) groups is 1. The van der Waals surface area contributed by atoms with Crippen LogP contribution in [-0.4, -0.2) is 49.2 Å². The number of amides is 2. The second kappa shape index (κ2) is 10.2. The summed E-state index contributed by atoms with van der Waals surface area (Å²) in [4.78, 5) is 26.6. The first-order valence-electron chi connectivity index (χ1n) is 7.76. The third kappa shape index (κ3) is 6.95. The molecule has 0 spiro atoms. The normalized spacial score (nSPS) is 11.7. The number of unbranched alkanes of at least 4 members (excludes halogenated alkanes) is 1. The number of rotatable bonds is 9. The van der Waals surface area contributed by atoms with Gasteiger partial charge in [0.05, 0.1) is 7.11 Å². The molecule has 0 saturated heterocycles. The van der Waals surface area contributed by atoms with E-state index in [0.717, 1.165) is 23.5 Å². The van der Waals surface area contributed by atoms with Crippen LogP contribution in [0.1, 0.15) is 26.7 Å². The first-order chi connectivity index (χ1) is 11.0. The molecule has 0 fully saturated rings. The summed E-state index contributed by atoms with van der Waals surface area (Å²) in [5.41, 5.74) is 0. The van der Waals surface area contributed by atoms with E-state index in [-0.39, 0.29) is 11.8 Å². The molecule has 1 rings (SSSR count). The van der Waals surface area contributed by atoms with Gasteiger partial charge in [-0.2, -0.15) is 0 Å². The van der Waals surface area contributed by atoms with Gasteiger partial charge in [0.2, 0.25) is 11.8 Å². The molecule has 1 aromatic rings. The number of benzene rings is 1. The van der Waals surface area contributed by atoms with E-state index in [1.165, 1.54) is 6.92 Å². The Hall–Kier alpha value is -1.69. The average molecular weight is 338 g/mol. The molecule has 128 valence electrons. The number of carbonyl (C=O) groups excluding carboxylic acids is 2. The predicted octanol–water partition coefficient (Wildman–Crippen LogP) is 2.55. The van der Waals surface area contributed by atoms with Gasteiger partial charge < -0.3 is 15.0 Å². The van der Waals surface area contributed by atoms with E-state index in [1.54, 1.807) is 30.8 Å². The molecule has 0 aliphatic rings. The van der Waals surface area contributed by atoms with E-state index < -0.39 is 6.04 Å². The molecule has 0 aromatic heterocycles. The molecular formula is C17H26N2O3S. The van der Waals surface area contributed by atoms with Gasteiger partial charge in [-0.3, -0.25) is 9.59 Å². The Morgan fingerprint density at radius 3 is 2.48 bits per heavy atom. The fraction of sp³-hybridized carbons (Fsp3) is 0.529. The molecule has 1 N–H and O–H groups in total. The number of likely N-dealkylation sites (N-methyl/N-ethyl adjacent to an activating group) is 1. The minimum absolute atomic E-state index is 0.0466. The second-order valence-corrected chi connectivity index (χ2v) is 6.45. The summed E-state index contributed by atoms with van der Waals surface area (Å²) in [7, 11) is 3.41. The van der Waals surface area contributed by atoms with Crippen LogP contribution < -0.4 is 10.1 Å². The van der Waals surface area contributed by atoms with Crippen LogP contribution in [0.4, 0.5) is 0 Å². The highest BCUT2D eigenvalue weighted by atomic mass is 32.2. The SMILES string of the molecule is CCCCN(C)C(=O)C(CSc1ccc(OC)cc1)NC(C)=O. The van der Waals surface area contributed by atoms with Crippen LogP contribution >= 0.6 is 11.8 Å². The van der Waals surface area contributed by atoms with E-state index in [2.05, 4.69) is 12.2 Å². The zero-order valence-corrected chi connectivity index (χ0v) is 15.1. The van der Waals surface area contributed by atoms with Gasteiger partial charge in [-0.25, -0.2) is 0 Å². The fourth-order valence-electron chi connectivity index (χ4n) is 2.04. The molecule has 5 nitrogen and oxygen atoms in total. The molecule has 0 bridgehead atoms. The van der Waals surface area contributed by atoms with Crippen molar-refractivity contribution in [3.63, 3.8) is 0 Å². The molecule has 1 atom stereocenters. The van der Waals surface area contributed by atoms with Crippen molar-refractivity contribution >= 4 is 23.6 Å². The maximum Gasteiger partial charge on any atom is 0.245 e. The van der Waals surface area contributed by atoms with Crippen molar-refractivity contribution in [2.24, 2.45) is 0 Å². The average Bonchev–Trinajstić information content (AvgIpc) is 2.55. The van der Waals surface area contributed by atoms with Gasteiger partial charge in [-0.1, -0.05) is 13.3 Å². The quantitative estimate of drug-likeness (QED) is 0.703. The first kappa shape index (κ1) is 19.4. The largest absolute Gasteiger partial charge is 0.497 e. The van der Waals surface area contributed by atoms with Crippen LogP contribution in [0, 0.1) is 0 Å². The van der Waals surface area contributed by atoms with Gasteiger partial charge in [-0.15, -0.1) is 11.8 Å². The number of hydrogen-bond donors (Lipinski definition) is 1. The van der Waals surface area contributed by atoms with Crippen molar-refractivity contribution in [3.05, 3.63) is 24.3 Å². The van der Waals surface area contributed by atoms with Crippen LogP contribution in [0.5, 0.6) is 5.75 Å². The first-order valence-corrected chi connectivity index (χ1v) is 8.75. The lowest BCUT2D eigenvalue weighted by atomic mass is 10.2. The number of nitrogens with one attached hydrogen (secondary N) is 1. The molecule has 0 radical (unpaired) electrons. The van der Waals surface area contributed by atoms with E-state index in [4.69, 9.17) is 4.74 Å². The molecule has 0 aliphatic heterocycles. The molecule has 0 heterocycles. The number of carbonyl (C=O) groups is 2. The second-order valence-electron chi connectivity index (χ2n) is 5.35. The van der Waals surface area contributed by atoms with Crippen molar-refractivity contribution in [1.82, 2.24) is 10.2 Å². The highest BCUT2D eigenvalue weighted by Gasteiger charge is 2.22. The maximum absolute atomic E-state index is 12.5. The molecule has 0 saturated carbocycles. The third-order valence-corrected chi connectivity index (χ3v) is 4.48. The molecule has 1 unspecified atom stereocenters. The number of methoxy groups -OCH3 is 1. The number of hydrogen-bond acceptors (Lipinski definition) is 4. The van der Waals surface area contributed by atoms with E-state index >= 15 is 0 Å². The van der Waals surface area contributed by atoms with Crippen LogP contribution in [0.15, 0.2) is 29.2 Å². The van der Waals surface area contributed by atoms with Gasteiger partial charge in [0.25, 0.3) is 0 Å². The van der Waals surface area contributed by atoms with Crippen molar-refractivity contribution < 1.29 is 14.3 Å². The van der Waals surface area contributed by atoms with Gasteiger partial charge in [-0.05, 0) is 30.7 Å². The zero-order chi connectivity index (χ0) is 17.2. The highest BCUT2D eigenvalue weighted by molar-refractivity contribution is 7.99. The summed E-state index contributed by atoms with van der Waals surface area (Å²) < 4.78 is 5.13. The Bertz CT molecular complexity index is 505. The Morgan fingerprint density at radius 2 is 1.96 bits per heavy atom. The molecule has 6 heteroatoms. The fourth-order valence-corrected chi connectivity index (χ4v) is 2.96. The van der Waals surface area contributed by atoms with Crippen LogP contribution in [0.3, 0.4) is 0 Å². The van der Waals surface area contributed by atoms with Crippen LogP contribution in [0.2, 0.25) is 0 Å². The molecule has 0 aliphatic carbocycles. The molecule has 2 amide bonds. The maximum atomic E-state index is 12.5. The van der Waals surface area contributed by atoms with Crippen molar-refractivity contribution in [2.45, 2.75) is 37.6 Å². The summed E-state index contributed by atoms with van der Waals surface area (Å²) in [6.45, 7) is 4.23. The Kier molecular flexibility index (Phi) is 8.55. The molecule has 1 aromatic carbocycles. The monoisotopic (exact) mass is 338 g/mol. The standard InChI is InChI=1S/C17H26N2O3S/c1-5-6-11-19(3)17(21)16(18-13(2)20)12-23-15-9-7-14(22-4)8-10-15/h7-10,16H,5-6,11-12H2,1-4H3,(H,18,20). The van der Waals surface area contributed by atoms with E-state index in [9.17, 15) is 9.59 Å². The number of ether oxygens (including phenoxy) is 1. The van der Waals surface area contributed by atoms with Gasteiger partial charge in [0.15, 0.2) is 0 Å². The highest BCUT2D eigenvalue weighted by Crippen LogP contribution is 2.22. The Balaban J connectivity index is 2.65. The summed E-state index contributed by atoms with van der Waals surface area (Å²) in [5.74, 6) is 1.06. The van der Waals surface area contributed by atoms with E-state index in [1.807, 2.05) is 24.3 Å². The third-order valence-electron chi connectivity index (χ3n) is 3.37. The minimum atomic E-state index is -0.513. The van der Waals surface area contributed by atoms with Crippen LogP contribution in [0.25, 0.3) is 0 Å². The summed E-state index contributed by atoms with van der Waals surface area (Å²) >= 11 is 1.54.